The van der Waals surface area contributed by atoms with E-state index in [1.165, 1.54) is 13.2 Å². The molecule has 0 amide bonds. The predicted octanol–water partition coefficient (Wildman–Crippen LogP) is 3.85. The van der Waals surface area contributed by atoms with Gasteiger partial charge in [0, 0.05) is 56.0 Å². The molecule has 0 N–H and O–H groups in total. The number of hydrogen-bond donors (Lipinski definition) is 0. The van der Waals surface area contributed by atoms with Crippen molar-refractivity contribution in [3.05, 3.63) is 52.2 Å². The number of anilines is 1. The Morgan fingerprint density at radius 1 is 1.23 bits per heavy atom. The van der Waals surface area contributed by atoms with E-state index in [2.05, 4.69) is 41.7 Å². The van der Waals surface area contributed by atoms with E-state index in [4.69, 9.17) is 10.00 Å². The zero-order valence-electron chi connectivity index (χ0n) is 21.0. The molecule has 1 fully saturated rings. The fourth-order valence-corrected chi connectivity index (χ4v) is 5.22. The average molecular weight is 481 g/mol. The van der Waals surface area contributed by atoms with Gasteiger partial charge in [-0.3, -0.25) is 14.4 Å². The summed E-state index contributed by atoms with van der Waals surface area (Å²) in [5, 5.41) is 13.8. The maximum Gasteiger partial charge on any atom is 0.252 e. The summed E-state index contributed by atoms with van der Waals surface area (Å²) in [4.78, 5) is 17.5. The van der Waals surface area contributed by atoms with Crippen LogP contribution in [0, 0.1) is 17.1 Å². The van der Waals surface area contributed by atoms with E-state index in [0.717, 1.165) is 30.6 Å². The largest absolute Gasteiger partial charge is 0.497 e. The quantitative estimate of drug-likeness (QED) is 0.511. The van der Waals surface area contributed by atoms with Gasteiger partial charge in [0.25, 0.3) is 5.56 Å². The van der Waals surface area contributed by atoms with E-state index < -0.39 is 0 Å². The molecule has 2 aromatic heterocycles. The van der Waals surface area contributed by atoms with E-state index in [-0.39, 0.29) is 36.0 Å². The summed E-state index contributed by atoms with van der Waals surface area (Å²) in [6.45, 7) is 7.88. The number of hydrogen-bond acceptors (Lipinski definition) is 6. The van der Waals surface area contributed by atoms with Crippen LogP contribution in [-0.2, 0) is 13.6 Å². The molecule has 0 spiro atoms. The third-order valence-corrected chi connectivity index (χ3v) is 7.32. The smallest absolute Gasteiger partial charge is 0.252 e. The van der Waals surface area contributed by atoms with Gasteiger partial charge in [0.2, 0.25) is 0 Å². The van der Waals surface area contributed by atoms with Crippen LogP contribution in [0.15, 0.2) is 35.3 Å². The zero-order valence-corrected chi connectivity index (χ0v) is 21.0. The first-order chi connectivity index (χ1) is 16.8. The van der Waals surface area contributed by atoms with Crippen molar-refractivity contribution in [1.82, 2.24) is 19.2 Å². The number of piperazine rings is 1. The molecule has 0 bridgehead atoms. The maximum atomic E-state index is 14.9. The Morgan fingerprint density at radius 3 is 2.60 bits per heavy atom. The molecule has 1 aliphatic rings. The number of fused-ring (bicyclic) bond motifs is 1. The number of aromatic nitrogens is 3. The molecule has 0 saturated carbocycles. The maximum absolute atomic E-state index is 14.9. The van der Waals surface area contributed by atoms with E-state index in [1.807, 2.05) is 6.07 Å². The van der Waals surface area contributed by atoms with Gasteiger partial charge in [-0.25, -0.2) is 4.39 Å². The summed E-state index contributed by atoms with van der Waals surface area (Å²) < 4.78 is 23.3. The van der Waals surface area contributed by atoms with Crippen LogP contribution in [0.2, 0.25) is 0 Å². The molecule has 1 aromatic carbocycles. The van der Waals surface area contributed by atoms with Crippen molar-refractivity contribution in [3.8, 4) is 11.8 Å². The Hall–Kier alpha value is -3.38. The number of nitrogens with zero attached hydrogens (tertiary/aromatic N) is 6. The highest BCUT2D eigenvalue weighted by molar-refractivity contribution is 5.88. The van der Waals surface area contributed by atoms with Crippen LogP contribution >= 0.6 is 0 Å². The molecule has 1 aliphatic heterocycles. The minimum absolute atomic E-state index is 0.108. The number of pyridine rings is 1. The number of halogens is 1. The van der Waals surface area contributed by atoms with Gasteiger partial charge in [0.1, 0.15) is 23.6 Å². The second-order valence-electron chi connectivity index (χ2n) is 9.18. The lowest BCUT2D eigenvalue weighted by Gasteiger charge is -2.49. The molecule has 4 rings (SSSR count). The van der Waals surface area contributed by atoms with E-state index in [0.29, 0.717) is 23.4 Å². The number of benzene rings is 1. The van der Waals surface area contributed by atoms with Gasteiger partial charge in [-0.15, -0.1) is 0 Å². The predicted molar refractivity (Wildman–Crippen MR) is 134 cm³/mol. The van der Waals surface area contributed by atoms with Gasteiger partial charge in [-0.2, -0.15) is 10.4 Å². The number of ether oxygens (including phenoxy) is 1. The van der Waals surface area contributed by atoms with E-state index in [9.17, 15) is 9.18 Å². The molecular formula is C26H33FN6O2. The highest BCUT2D eigenvalue weighted by Gasteiger charge is 2.37. The first-order valence-corrected chi connectivity index (χ1v) is 12.1. The summed E-state index contributed by atoms with van der Waals surface area (Å²) in [6, 6.07) is 9.00. The first kappa shape index (κ1) is 24.7. The number of nitriles is 1. The standard InChI is InChI=1S/C26H33FN6O2/c1-6-18-15-33(23-13-25(34)30(4)24-16-31(11-10-28)29-26(23)24)19(7-2)14-32(18)17(3)21-9-8-20(35-5)12-22(21)27/h8-9,12-13,16-19H,6-7,11,14-15H2,1-5H3/t17?,18-,19+/m1/s1. The normalized spacial score (nSPS) is 19.6. The molecule has 3 aromatic rings. The molecule has 8 nitrogen and oxygen atoms in total. The lowest BCUT2D eigenvalue weighted by molar-refractivity contribution is 0.0993. The summed E-state index contributed by atoms with van der Waals surface area (Å²) in [5.74, 6) is 0.241. The van der Waals surface area contributed by atoms with Gasteiger partial charge in [0.15, 0.2) is 0 Å². The molecule has 0 aliphatic carbocycles. The first-order valence-electron chi connectivity index (χ1n) is 12.1. The van der Waals surface area contributed by atoms with Crippen LogP contribution in [0.3, 0.4) is 0 Å². The Kier molecular flexibility index (Phi) is 7.13. The van der Waals surface area contributed by atoms with E-state index >= 15 is 0 Å². The summed E-state index contributed by atoms with van der Waals surface area (Å²) >= 11 is 0. The third kappa shape index (κ3) is 4.50. The molecule has 1 saturated heterocycles. The number of methoxy groups -OCH3 is 1. The molecular weight excluding hydrogens is 447 g/mol. The fourth-order valence-electron chi connectivity index (χ4n) is 5.22. The van der Waals surface area contributed by atoms with Crippen molar-refractivity contribution in [1.29, 1.82) is 5.26 Å². The van der Waals surface area contributed by atoms with Crippen molar-refractivity contribution < 1.29 is 9.13 Å². The molecule has 3 atom stereocenters. The second kappa shape index (κ2) is 10.1. The minimum Gasteiger partial charge on any atom is -0.497 e. The van der Waals surface area contributed by atoms with Crippen molar-refractivity contribution in [2.24, 2.45) is 7.05 Å². The molecule has 35 heavy (non-hydrogen) atoms. The topological polar surface area (TPSA) is 79.3 Å². The fraction of sp³-hybridized carbons (Fsp3) is 0.500. The van der Waals surface area contributed by atoms with Crippen LogP contribution in [0.25, 0.3) is 11.0 Å². The van der Waals surface area contributed by atoms with Crippen LogP contribution in [0.1, 0.15) is 45.2 Å². The van der Waals surface area contributed by atoms with Gasteiger partial charge in [-0.1, -0.05) is 19.9 Å². The van der Waals surface area contributed by atoms with Gasteiger partial charge in [-0.05, 0) is 25.8 Å². The third-order valence-electron chi connectivity index (χ3n) is 7.32. The van der Waals surface area contributed by atoms with Crippen molar-refractivity contribution in [3.63, 3.8) is 0 Å². The second-order valence-corrected chi connectivity index (χ2v) is 9.18. The highest BCUT2D eigenvalue weighted by atomic mass is 19.1. The van der Waals surface area contributed by atoms with Crippen molar-refractivity contribution in [2.75, 3.05) is 25.1 Å². The van der Waals surface area contributed by atoms with Crippen LogP contribution < -0.4 is 15.2 Å². The van der Waals surface area contributed by atoms with Gasteiger partial charge in [0.05, 0.1) is 30.6 Å². The SMILES string of the molecule is CC[C@H]1CN(C(C)c2ccc(OC)cc2F)[C@H](CC)CN1c1cc(=O)n(C)c2cn(CC#N)nc12. The Morgan fingerprint density at radius 2 is 1.97 bits per heavy atom. The molecule has 9 heteroatoms. The summed E-state index contributed by atoms with van der Waals surface area (Å²) in [6.07, 6.45) is 3.50. The minimum atomic E-state index is -0.265. The zero-order chi connectivity index (χ0) is 25.3. The molecule has 1 unspecified atom stereocenters. The number of aryl methyl sites for hydroxylation is 1. The van der Waals surface area contributed by atoms with Gasteiger partial charge >= 0.3 is 0 Å². The van der Waals surface area contributed by atoms with Crippen molar-refractivity contribution >= 4 is 16.7 Å². The Bertz CT molecular complexity index is 1310. The Labute approximate surface area is 205 Å². The lowest BCUT2D eigenvalue weighted by Crippen LogP contribution is -2.58. The van der Waals surface area contributed by atoms with Crippen molar-refractivity contribution in [2.45, 2.75) is 58.3 Å². The number of rotatable bonds is 7. The van der Waals surface area contributed by atoms with Crippen LogP contribution in [-0.4, -0.2) is 51.5 Å². The van der Waals surface area contributed by atoms with E-state index in [1.54, 1.807) is 34.6 Å². The molecule has 3 heterocycles. The van der Waals surface area contributed by atoms with Gasteiger partial charge < -0.3 is 14.2 Å². The van der Waals surface area contributed by atoms with Crippen LogP contribution in [0.4, 0.5) is 10.1 Å². The lowest BCUT2D eigenvalue weighted by atomic mass is 9.96. The summed E-state index contributed by atoms with van der Waals surface area (Å²) in [5.41, 5.74) is 2.77. The Balaban J connectivity index is 1.72. The highest BCUT2D eigenvalue weighted by Crippen LogP contribution is 2.35. The molecule has 186 valence electrons. The summed E-state index contributed by atoms with van der Waals surface area (Å²) in [7, 11) is 3.26. The average Bonchev–Trinajstić information content (AvgIpc) is 3.29. The monoisotopic (exact) mass is 480 g/mol. The molecule has 0 radical (unpaired) electrons. The van der Waals surface area contributed by atoms with Crippen LogP contribution in [0.5, 0.6) is 5.75 Å².